The lowest BCUT2D eigenvalue weighted by molar-refractivity contribution is 0.535. The molecule has 1 aliphatic rings. The van der Waals surface area contributed by atoms with E-state index >= 15 is 0 Å². The van der Waals surface area contributed by atoms with Crippen LogP contribution in [0.4, 0.5) is 0 Å². The van der Waals surface area contributed by atoms with Gasteiger partial charge in [-0.05, 0) is 26.2 Å². The number of rotatable bonds is 6. The van der Waals surface area contributed by atoms with Gasteiger partial charge in [-0.15, -0.1) is 0 Å². The number of hydrogen-bond acceptors (Lipinski definition) is 2. The van der Waals surface area contributed by atoms with Crippen molar-refractivity contribution in [3.8, 4) is 0 Å². The molecule has 0 bridgehead atoms. The van der Waals surface area contributed by atoms with Gasteiger partial charge in [0.25, 0.3) is 0 Å². The molecule has 0 saturated carbocycles. The van der Waals surface area contributed by atoms with Crippen LogP contribution in [0.15, 0.2) is 10.2 Å². The fourth-order valence-electron chi connectivity index (χ4n) is 1.09. The molecule has 0 radical (unpaired) electrons. The summed E-state index contributed by atoms with van der Waals surface area (Å²) in [5.41, 5.74) is 0.0361. The van der Waals surface area contributed by atoms with Crippen molar-refractivity contribution in [1.29, 1.82) is 0 Å². The highest BCUT2D eigenvalue weighted by Crippen LogP contribution is 2.32. The third-order valence-electron chi connectivity index (χ3n) is 1.98. The maximum absolute atomic E-state index is 3.97. The zero-order valence-electron chi connectivity index (χ0n) is 7.02. The van der Waals surface area contributed by atoms with Crippen LogP contribution in [0.25, 0.3) is 0 Å². The first kappa shape index (κ1) is 9.17. The van der Waals surface area contributed by atoms with Crippen LogP contribution in [0.5, 0.6) is 0 Å². The van der Waals surface area contributed by atoms with Crippen LogP contribution < -0.4 is 0 Å². The van der Waals surface area contributed by atoms with E-state index < -0.39 is 0 Å². The van der Waals surface area contributed by atoms with Crippen LogP contribution in [-0.4, -0.2) is 11.0 Å². The van der Waals surface area contributed by atoms with E-state index in [2.05, 4.69) is 33.1 Å². The molecule has 0 fully saturated rings. The maximum atomic E-state index is 3.97. The van der Waals surface area contributed by atoms with E-state index in [0.29, 0.717) is 0 Å². The first-order valence-electron chi connectivity index (χ1n) is 4.27. The molecule has 0 unspecified atom stereocenters. The fourth-order valence-corrected chi connectivity index (χ4v) is 1.49. The number of hydrogen-bond donors (Lipinski definition) is 0. The molecular weight excluding hydrogens is 204 g/mol. The predicted molar refractivity (Wildman–Crippen MR) is 50.1 cm³/mol. The van der Waals surface area contributed by atoms with Crippen LogP contribution >= 0.6 is 15.9 Å². The summed E-state index contributed by atoms with van der Waals surface area (Å²) in [6, 6.07) is 0. The average Bonchev–Trinajstić information content (AvgIpc) is 2.69. The van der Waals surface area contributed by atoms with Crippen molar-refractivity contribution in [3.63, 3.8) is 0 Å². The Hall–Kier alpha value is 0.0800. The summed E-state index contributed by atoms with van der Waals surface area (Å²) < 4.78 is 0. The summed E-state index contributed by atoms with van der Waals surface area (Å²) in [7, 11) is 0. The van der Waals surface area contributed by atoms with Crippen molar-refractivity contribution >= 4 is 15.9 Å². The Bertz CT molecular complexity index is 139. The summed E-state index contributed by atoms with van der Waals surface area (Å²) in [6.45, 7) is 2.09. The van der Waals surface area contributed by atoms with Gasteiger partial charge in [-0.1, -0.05) is 28.8 Å². The minimum atomic E-state index is 0.0361. The molecular formula is C8H15BrN2. The van der Waals surface area contributed by atoms with Gasteiger partial charge in [0.2, 0.25) is 0 Å². The summed E-state index contributed by atoms with van der Waals surface area (Å²) in [5, 5.41) is 9.07. The lowest BCUT2D eigenvalue weighted by Crippen LogP contribution is -2.02. The first-order chi connectivity index (χ1) is 5.27. The van der Waals surface area contributed by atoms with Gasteiger partial charge in [0, 0.05) is 5.33 Å². The molecule has 2 nitrogen and oxygen atoms in total. The summed E-state index contributed by atoms with van der Waals surface area (Å²) >= 11 is 3.42. The SMILES string of the molecule is CC1(CCCCCCBr)N=N1. The maximum Gasteiger partial charge on any atom is 0.188 e. The zero-order valence-corrected chi connectivity index (χ0v) is 8.60. The van der Waals surface area contributed by atoms with Gasteiger partial charge < -0.3 is 0 Å². The van der Waals surface area contributed by atoms with Crippen LogP contribution in [-0.2, 0) is 0 Å². The Kier molecular flexibility index (Phi) is 3.49. The van der Waals surface area contributed by atoms with Crippen LogP contribution in [0.3, 0.4) is 0 Å². The van der Waals surface area contributed by atoms with Gasteiger partial charge in [0.05, 0.1) is 0 Å². The highest BCUT2D eigenvalue weighted by atomic mass is 79.9. The van der Waals surface area contributed by atoms with Crippen molar-refractivity contribution in [2.45, 2.75) is 44.7 Å². The molecule has 1 heterocycles. The molecule has 3 heteroatoms. The van der Waals surface area contributed by atoms with E-state index in [1.807, 2.05) is 0 Å². The van der Waals surface area contributed by atoms with Gasteiger partial charge in [0.15, 0.2) is 5.66 Å². The third-order valence-corrected chi connectivity index (χ3v) is 2.54. The van der Waals surface area contributed by atoms with Crippen molar-refractivity contribution in [2.24, 2.45) is 10.2 Å². The fraction of sp³-hybridized carbons (Fsp3) is 1.00. The molecule has 0 N–H and O–H groups in total. The van der Waals surface area contributed by atoms with Crippen LogP contribution in [0, 0.1) is 0 Å². The molecule has 0 amide bonds. The average molecular weight is 219 g/mol. The Morgan fingerprint density at radius 1 is 1.09 bits per heavy atom. The Balaban J connectivity index is 1.81. The Morgan fingerprint density at radius 2 is 1.73 bits per heavy atom. The Labute approximate surface area is 76.6 Å². The van der Waals surface area contributed by atoms with Crippen LogP contribution in [0.1, 0.15) is 39.0 Å². The summed E-state index contributed by atoms with van der Waals surface area (Å²) in [5.74, 6) is 0. The molecule has 0 atom stereocenters. The van der Waals surface area contributed by atoms with Crippen molar-refractivity contribution in [1.82, 2.24) is 0 Å². The highest BCUT2D eigenvalue weighted by Gasteiger charge is 2.32. The topological polar surface area (TPSA) is 24.7 Å². The molecule has 1 aliphatic heterocycles. The largest absolute Gasteiger partial charge is 0.188 e. The van der Waals surface area contributed by atoms with E-state index in [4.69, 9.17) is 0 Å². The molecule has 64 valence electrons. The van der Waals surface area contributed by atoms with Gasteiger partial charge in [-0.2, -0.15) is 10.2 Å². The number of nitrogens with zero attached hydrogens (tertiary/aromatic N) is 2. The van der Waals surface area contributed by atoms with Crippen molar-refractivity contribution in [3.05, 3.63) is 0 Å². The molecule has 0 aliphatic carbocycles. The lowest BCUT2D eigenvalue weighted by atomic mass is 10.1. The summed E-state index contributed by atoms with van der Waals surface area (Å²) in [6.07, 6.45) is 6.38. The zero-order chi connectivity index (χ0) is 8.16. The summed E-state index contributed by atoms with van der Waals surface area (Å²) in [4.78, 5) is 0. The van der Waals surface area contributed by atoms with Crippen LogP contribution in [0.2, 0.25) is 0 Å². The first-order valence-corrected chi connectivity index (χ1v) is 5.39. The molecule has 0 aromatic heterocycles. The van der Waals surface area contributed by atoms with Crippen molar-refractivity contribution < 1.29 is 0 Å². The normalized spacial score (nSPS) is 18.7. The quantitative estimate of drug-likeness (QED) is 0.482. The smallest absolute Gasteiger partial charge is 0.159 e. The van der Waals surface area contributed by atoms with Gasteiger partial charge in [0.1, 0.15) is 0 Å². The molecule has 0 saturated heterocycles. The Morgan fingerprint density at radius 3 is 2.27 bits per heavy atom. The van der Waals surface area contributed by atoms with E-state index in [0.717, 1.165) is 11.8 Å². The van der Waals surface area contributed by atoms with E-state index in [-0.39, 0.29) is 5.66 Å². The second-order valence-electron chi connectivity index (χ2n) is 3.27. The molecule has 0 aromatic rings. The van der Waals surface area contributed by atoms with Gasteiger partial charge in [-0.25, -0.2) is 0 Å². The number of halogens is 1. The van der Waals surface area contributed by atoms with E-state index in [9.17, 15) is 0 Å². The van der Waals surface area contributed by atoms with E-state index in [1.54, 1.807) is 0 Å². The third kappa shape index (κ3) is 3.85. The number of unbranched alkanes of at least 4 members (excludes halogenated alkanes) is 3. The monoisotopic (exact) mass is 218 g/mol. The van der Waals surface area contributed by atoms with Gasteiger partial charge >= 0.3 is 0 Å². The standard InChI is InChI=1S/C8H15BrN2/c1-8(10-11-8)6-4-2-3-5-7-9/h2-7H2,1H3. The lowest BCUT2D eigenvalue weighted by Gasteiger charge is -2.01. The second-order valence-corrected chi connectivity index (χ2v) is 4.06. The van der Waals surface area contributed by atoms with E-state index in [1.165, 1.54) is 25.7 Å². The molecule has 0 aromatic carbocycles. The molecule has 1 rings (SSSR count). The minimum Gasteiger partial charge on any atom is -0.159 e. The second kappa shape index (κ2) is 4.19. The number of alkyl halides is 1. The minimum absolute atomic E-state index is 0.0361. The predicted octanol–water partition coefficient (Wildman–Crippen LogP) is 3.51. The highest BCUT2D eigenvalue weighted by molar-refractivity contribution is 9.09. The molecule has 0 spiro atoms. The van der Waals surface area contributed by atoms with Crippen molar-refractivity contribution in [2.75, 3.05) is 5.33 Å². The van der Waals surface area contributed by atoms with Gasteiger partial charge in [-0.3, -0.25) is 0 Å². The molecule has 11 heavy (non-hydrogen) atoms.